The zero-order valence-corrected chi connectivity index (χ0v) is 24.1. The molecule has 0 saturated carbocycles. The van der Waals surface area contributed by atoms with Crippen molar-refractivity contribution in [1.82, 2.24) is 24.3 Å². The highest BCUT2D eigenvalue weighted by atomic mass is 32.2. The number of hydrogen-bond donors (Lipinski definition) is 1. The van der Waals surface area contributed by atoms with Gasteiger partial charge in [0, 0.05) is 63.0 Å². The maximum Gasteiger partial charge on any atom is 0.416 e. The number of benzene rings is 1. The van der Waals surface area contributed by atoms with Crippen LogP contribution in [0.5, 0.6) is 5.88 Å². The Labute approximate surface area is 240 Å². The summed E-state index contributed by atoms with van der Waals surface area (Å²) in [6.07, 6.45) is 9.30. The number of carbonyl (C=O) groups excluding carboxylic acids is 2. The molecule has 0 aliphatic carbocycles. The third-order valence-electron chi connectivity index (χ3n) is 7.65. The Bertz CT molecular complexity index is 1270. The van der Waals surface area contributed by atoms with Gasteiger partial charge in [-0.3, -0.25) is 9.69 Å². The van der Waals surface area contributed by atoms with Gasteiger partial charge >= 0.3 is 6.09 Å². The molecule has 2 fully saturated rings. The number of rotatable bonds is 8. The van der Waals surface area contributed by atoms with Gasteiger partial charge in [-0.25, -0.2) is 14.8 Å². The summed E-state index contributed by atoms with van der Waals surface area (Å²) in [5.41, 5.74) is 2.35. The molecule has 1 N–H and O–H groups in total. The van der Waals surface area contributed by atoms with Gasteiger partial charge in [0.05, 0.1) is 11.9 Å². The summed E-state index contributed by atoms with van der Waals surface area (Å²) in [7, 11) is 2.00. The number of ether oxygens (including phenoxy) is 1. The van der Waals surface area contributed by atoms with Gasteiger partial charge in [0.25, 0.3) is 5.91 Å². The fourth-order valence-electron chi connectivity index (χ4n) is 5.29. The van der Waals surface area contributed by atoms with E-state index in [9.17, 15) is 9.59 Å². The molecule has 2 saturated heterocycles. The molecule has 0 spiro atoms. The topological polar surface area (TPSA) is 92.6 Å². The number of aromatic nitrogens is 3. The molecule has 1 aromatic carbocycles. The van der Waals surface area contributed by atoms with Gasteiger partial charge in [-0.1, -0.05) is 30.8 Å². The summed E-state index contributed by atoms with van der Waals surface area (Å²) in [6.45, 7) is 6.81. The number of nitrogens with one attached hydrogen (secondary N) is 1. The van der Waals surface area contributed by atoms with E-state index in [-0.39, 0.29) is 11.8 Å². The molecule has 9 nitrogen and oxygen atoms in total. The smallest absolute Gasteiger partial charge is 0.391 e. The lowest BCUT2D eigenvalue weighted by Crippen LogP contribution is -2.40. The first kappa shape index (κ1) is 28.2. The molecule has 1 atom stereocenters. The molecule has 4 heterocycles. The van der Waals surface area contributed by atoms with Crippen LogP contribution < -0.4 is 10.1 Å². The van der Waals surface area contributed by atoms with Gasteiger partial charge in [-0.05, 0) is 67.8 Å². The van der Waals surface area contributed by atoms with Crippen LogP contribution in [0.2, 0.25) is 0 Å². The van der Waals surface area contributed by atoms with Crippen molar-refractivity contribution in [2.75, 3.05) is 37.2 Å². The highest BCUT2D eigenvalue weighted by Crippen LogP contribution is 2.26. The molecule has 212 valence electrons. The highest BCUT2D eigenvalue weighted by Gasteiger charge is 2.25. The lowest BCUT2D eigenvalue weighted by molar-refractivity contribution is 0.102. The molecule has 1 unspecified atom stereocenters. The third kappa shape index (κ3) is 7.63. The zero-order valence-electron chi connectivity index (χ0n) is 23.3. The number of thioether (sulfide) groups is 1. The van der Waals surface area contributed by atoms with Crippen molar-refractivity contribution in [1.29, 1.82) is 0 Å². The van der Waals surface area contributed by atoms with Gasteiger partial charge in [0.15, 0.2) is 5.16 Å². The summed E-state index contributed by atoms with van der Waals surface area (Å²) in [5, 5.41) is 3.89. The van der Waals surface area contributed by atoms with Crippen LogP contribution in [0.1, 0.15) is 48.5 Å². The number of likely N-dealkylation sites (tertiary alicyclic amines) is 2. The molecule has 2 aliphatic rings. The zero-order chi connectivity index (χ0) is 27.9. The van der Waals surface area contributed by atoms with Crippen LogP contribution in [-0.2, 0) is 13.6 Å². The molecule has 2 aliphatic heterocycles. The van der Waals surface area contributed by atoms with Crippen molar-refractivity contribution in [3.05, 3.63) is 66.1 Å². The minimum atomic E-state index is -0.390. The monoisotopic (exact) mass is 562 g/mol. The molecular weight excluding hydrogens is 524 g/mol. The van der Waals surface area contributed by atoms with E-state index in [1.54, 1.807) is 28.8 Å². The Morgan fingerprint density at radius 1 is 1.05 bits per heavy atom. The first-order valence-corrected chi connectivity index (χ1v) is 15.1. The second-order valence-corrected chi connectivity index (χ2v) is 11.9. The summed E-state index contributed by atoms with van der Waals surface area (Å²) < 4.78 is 7.51. The molecule has 2 amide bonds. The predicted octanol–water partition coefficient (Wildman–Crippen LogP) is 5.30. The summed E-state index contributed by atoms with van der Waals surface area (Å²) >= 11 is 1.76. The van der Waals surface area contributed by atoms with Crippen molar-refractivity contribution in [2.24, 2.45) is 18.9 Å². The molecule has 0 radical (unpaired) electrons. The van der Waals surface area contributed by atoms with E-state index < -0.39 is 6.09 Å². The van der Waals surface area contributed by atoms with E-state index in [0.717, 1.165) is 49.3 Å². The maximum atomic E-state index is 12.7. The number of imidazole rings is 1. The number of nitrogens with zero attached hydrogens (tertiary/aromatic N) is 5. The second kappa shape index (κ2) is 13.3. The predicted molar refractivity (Wildman–Crippen MR) is 157 cm³/mol. The summed E-state index contributed by atoms with van der Waals surface area (Å²) in [5.74, 6) is 2.29. The molecule has 3 aromatic rings. The fourth-order valence-corrected chi connectivity index (χ4v) is 6.41. The lowest BCUT2D eigenvalue weighted by atomic mass is 9.99. The average Bonchev–Trinajstić information content (AvgIpc) is 3.38. The molecule has 40 heavy (non-hydrogen) atoms. The number of pyridine rings is 1. The molecule has 2 aromatic heterocycles. The van der Waals surface area contributed by atoms with Crippen molar-refractivity contribution < 1.29 is 14.3 Å². The highest BCUT2D eigenvalue weighted by molar-refractivity contribution is 7.99. The standard InChI is InChI=1S/C30H38N6O3S/c1-22-4-3-14-35(19-22)20-23-5-7-25(8-6-23)28(37)33-26-9-10-27(32-18-26)39-30(38)36-15-11-24(12-16-36)21-40-29-31-13-17-34(29)2/h5-10,13,17-18,22,24H,3-4,11-12,14-16,19-21H2,1-2H3,(H,33,37). The molecule has 10 heteroatoms. The molecule has 5 rings (SSSR count). The number of amides is 2. The minimum Gasteiger partial charge on any atom is -0.391 e. The van der Waals surface area contributed by atoms with E-state index in [1.807, 2.05) is 48.3 Å². The van der Waals surface area contributed by atoms with Gasteiger partial charge < -0.3 is 19.5 Å². The first-order valence-electron chi connectivity index (χ1n) is 14.1. The lowest BCUT2D eigenvalue weighted by Gasteiger charge is -2.30. The fraction of sp³-hybridized carbons (Fsp3) is 0.467. The number of anilines is 1. The van der Waals surface area contributed by atoms with Gasteiger partial charge in [-0.2, -0.15) is 0 Å². The Kier molecular flexibility index (Phi) is 9.38. The Morgan fingerprint density at radius 2 is 1.85 bits per heavy atom. The van der Waals surface area contributed by atoms with Crippen molar-refractivity contribution >= 4 is 29.4 Å². The van der Waals surface area contributed by atoms with E-state index >= 15 is 0 Å². The Hall–Kier alpha value is -3.37. The van der Waals surface area contributed by atoms with Crippen LogP contribution in [-0.4, -0.2) is 68.3 Å². The van der Waals surface area contributed by atoms with Crippen molar-refractivity contribution in [3.8, 4) is 5.88 Å². The van der Waals surface area contributed by atoms with Crippen LogP contribution in [0, 0.1) is 11.8 Å². The van der Waals surface area contributed by atoms with Gasteiger partial charge in [0.1, 0.15) is 0 Å². The normalized spacial score (nSPS) is 18.4. The summed E-state index contributed by atoms with van der Waals surface area (Å²) in [4.78, 5) is 38.2. The van der Waals surface area contributed by atoms with Crippen molar-refractivity contribution in [3.63, 3.8) is 0 Å². The van der Waals surface area contributed by atoms with E-state index in [1.165, 1.54) is 24.6 Å². The number of piperidine rings is 2. The number of hydrogen-bond acceptors (Lipinski definition) is 7. The van der Waals surface area contributed by atoms with Crippen LogP contribution >= 0.6 is 11.8 Å². The minimum absolute atomic E-state index is 0.200. The molecular formula is C30H38N6O3S. The summed E-state index contributed by atoms with van der Waals surface area (Å²) in [6, 6.07) is 11.1. The second-order valence-electron chi connectivity index (χ2n) is 10.9. The van der Waals surface area contributed by atoms with Crippen molar-refractivity contribution in [2.45, 2.75) is 44.3 Å². The van der Waals surface area contributed by atoms with Crippen LogP contribution in [0.3, 0.4) is 0 Å². The van der Waals surface area contributed by atoms with Gasteiger partial charge in [-0.15, -0.1) is 0 Å². The van der Waals surface area contributed by atoms with E-state index in [4.69, 9.17) is 4.74 Å². The maximum absolute atomic E-state index is 12.7. The SMILES string of the molecule is CC1CCCN(Cc2ccc(C(=O)Nc3ccc(OC(=O)N4CCC(CSc5nccn5C)CC4)nc3)cc2)C1. The molecule has 0 bridgehead atoms. The quantitative estimate of drug-likeness (QED) is 0.372. The Balaban J connectivity index is 1.04. The van der Waals surface area contributed by atoms with E-state index in [0.29, 0.717) is 30.3 Å². The largest absolute Gasteiger partial charge is 0.416 e. The number of carbonyl (C=O) groups is 2. The van der Waals surface area contributed by atoms with Crippen LogP contribution in [0.4, 0.5) is 10.5 Å². The average molecular weight is 563 g/mol. The van der Waals surface area contributed by atoms with Crippen LogP contribution in [0.15, 0.2) is 60.1 Å². The third-order valence-corrected chi connectivity index (χ3v) is 8.94. The Morgan fingerprint density at radius 3 is 2.52 bits per heavy atom. The van der Waals surface area contributed by atoms with Gasteiger partial charge in [0.2, 0.25) is 5.88 Å². The first-order chi connectivity index (χ1) is 19.4. The van der Waals surface area contributed by atoms with E-state index in [2.05, 4.69) is 27.1 Å². The number of aryl methyl sites for hydroxylation is 1. The van der Waals surface area contributed by atoms with Crippen LogP contribution in [0.25, 0.3) is 0 Å².